The molecule has 0 bridgehead atoms. The smallest absolute Gasteiger partial charge is 0.249 e. The molecule has 2 amide bonds. The summed E-state index contributed by atoms with van der Waals surface area (Å²) in [5, 5.41) is 14.3. The van der Waals surface area contributed by atoms with Crippen molar-refractivity contribution >= 4 is 29.0 Å². The van der Waals surface area contributed by atoms with Gasteiger partial charge in [0.2, 0.25) is 11.8 Å². The van der Waals surface area contributed by atoms with Crippen molar-refractivity contribution in [2.24, 2.45) is 0 Å². The zero-order valence-corrected chi connectivity index (χ0v) is 23.8. The zero-order valence-electron chi connectivity index (χ0n) is 23.8. The van der Waals surface area contributed by atoms with E-state index in [-0.39, 0.29) is 18.4 Å². The van der Waals surface area contributed by atoms with Crippen molar-refractivity contribution in [3.63, 3.8) is 0 Å². The Morgan fingerprint density at radius 2 is 1.95 bits per heavy atom. The number of H-pyrrole nitrogens is 1. The van der Waals surface area contributed by atoms with Crippen LogP contribution in [0, 0.1) is 19.7 Å². The Bertz CT molecular complexity index is 1690. The zero-order chi connectivity index (χ0) is 29.6. The van der Waals surface area contributed by atoms with Crippen LogP contribution in [0.3, 0.4) is 0 Å². The van der Waals surface area contributed by atoms with Crippen LogP contribution in [-0.2, 0) is 9.59 Å². The van der Waals surface area contributed by atoms with Crippen LogP contribution in [0.1, 0.15) is 55.0 Å². The lowest BCUT2D eigenvalue weighted by atomic mass is 9.78. The number of rotatable bonds is 6. The number of nitrogens with zero attached hydrogens (tertiary/aromatic N) is 8. The van der Waals surface area contributed by atoms with Crippen LogP contribution in [0.4, 0.5) is 16.0 Å². The Balaban J connectivity index is 1.22. The average molecular weight is 571 g/mol. The first-order valence-electron chi connectivity index (χ1n) is 13.7. The Hall–Kier alpha value is -4.94. The largest absolute Gasteiger partial charge is 0.329 e. The number of amides is 2. The molecule has 5 heterocycles. The quantitative estimate of drug-likeness (QED) is 0.358. The second-order valence-electron chi connectivity index (χ2n) is 10.9. The molecule has 2 atom stereocenters. The molecule has 1 spiro atoms. The number of allylic oxidation sites excluding steroid dienone is 1. The number of hydrogen-bond acceptors (Lipinski definition) is 8. The number of carbonyl (C=O) groups is 2. The number of aromatic amines is 1. The molecule has 2 aliphatic rings. The lowest BCUT2D eigenvalue weighted by molar-refractivity contribution is -0.166. The molecule has 1 saturated heterocycles. The van der Waals surface area contributed by atoms with Crippen LogP contribution in [0.2, 0.25) is 0 Å². The number of pyridine rings is 1. The van der Waals surface area contributed by atoms with Gasteiger partial charge < -0.3 is 15.1 Å². The number of carbonyl (C=O) groups excluding carboxylic acids is 2. The van der Waals surface area contributed by atoms with Crippen LogP contribution < -0.4 is 5.32 Å². The maximum absolute atomic E-state index is 14.1. The lowest BCUT2D eigenvalue weighted by Gasteiger charge is -2.50. The fourth-order valence-corrected chi connectivity index (χ4v) is 5.60. The fraction of sp³-hybridized carbons (Fsp3) is 0.345. The molecule has 0 radical (unpaired) electrons. The number of aromatic nitrogens is 7. The maximum Gasteiger partial charge on any atom is 0.249 e. The third kappa shape index (κ3) is 4.91. The van der Waals surface area contributed by atoms with E-state index >= 15 is 0 Å². The minimum absolute atomic E-state index is 0.0242. The van der Waals surface area contributed by atoms with Gasteiger partial charge in [-0.25, -0.2) is 24.0 Å². The van der Waals surface area contributed by atoms with Gasteiger partial charge in [-0.2, -0.15) is 10.2 Å². The summed E-state index contributed by atoms with van der Waals surface area (Å²) >= 11 is 0. The molecule has 0 aromatic carbocycles. The van der Waals surface area contributed by atoms with E-state index in [1.165, 1.54) is 10.9 Å². The van der Waals surface area contributed by atoms with Gasteiger partial charge >= 0.3 is 0 Å². The first kappa shape index (κ1) is 27.2. The Morgan fingerprint density at radius 3 is 2.60 bits per heavy atom. The van der Waals surface area contributed by atoms with Gasteiger partial charge in [0, 0.05) is 36.8 Å². The highest BCUT2D eigenvalue weighted by Crippen LogP contribution is 2.41. The van der Waals surface area contributed by atoms with Gasteiger partial charge in [-0.3, -0.25) is 14.7 Å². The monoisotopic (exact) mass is 570 g/mol. The minimum atomic E-state index is -0.996. The van der Waals surface area contributed by atoms with E-state index in [1.807, 2.05) is 45.0 Å². The van der Waals surface area contributed by atoms with Crippen molar-refractivity contribution in [2.75, 3.05) is 18.9 Å². The Morgan fingerprint density at radius 1 is 1.12 bits per heavy atom. The Labute approximate surface area is 241 Å². The van der Waals surface area contributed by atoms with Crippen molar-refractivity contribution in [1.82, 2.24) is 44.7 Å². The second-order valence-corrected chi connectivity index (χ2v) is 10.9. The Kier molecular flexibility index (Phi) is 6.79. The van der Waals surface area contributed by atoms with Crippen LogP contribution in [0.5, 0.6) is 0 Å². The van der Waals surface area contributed by atoms with Gasteiger partial charge in [0.05, 0.1) is 18.4 Å². The third-order valence-electron chi connectivity index (χ3n) is 8.08. The summed E-state index contributed by atoms with van der Waals surface area (Å²) in [6.07, 6.45) is 7.30. The van der Waals surface area contributed by atoms with Crippen molar-refractivity contribution in [3.8, 4) is 5.82 Å². The van der Waals surface area contributed by atoms with Gasteiger partial charge in [-0.05, 0) is 57.2 Å². The maximum atomic E-state index is 14.1. The SMILES string of the molecule is Cc1cc(Nc2cc(C)[nH]n2)nc(C2=CCC3(CC2)C(=O)N([C@@H](C)c2ccc(-n4cc(F)cn4)nc2)CC(=O)N3C)n1. The summed E-state index contributed by atoms with van der Waals surface area (Å²) < 4.78 is 14.7. The van der Waals surface area contributed by atoms with Crippen LogP contribution >= 0.6 is 0 Å². The molecule has 2 N–H and O–H groups in total. The highest BCUT2D eigenvalue weighted by molar-refractivity contribution is 5.99. The molecule has 1 fully saturated rings. The standard InChI is InChI=1S/C29H31FN10O2/c1-17-11-23(34-24-12-18(2)36-37-24)35-27(33-17)20-7-9-29(10-8-20)28(42)39(16-26(41)38(29)4)19(3)21-5-6-25(31-13-21)40-15-22(30)14-32-40/h5-7,11-15,19H,8-10,16H2,1-4H3,(H2,33,34,35,36,37)/t19-,29?/m0/s1. The molecule has 6 rings (SSSR count). The molecular formula is C29H31FN10O2. The first-order chi connectivity index (χ1) is 20.1. The second kappa shape index (κ2) is 10.5. The highest BCUT2D eigenvalue weighted by atomic mass is 19.1. The summed E-state index contributed by atoms with van der Waals surface area (Å²) in [4.78, 5) is 44.3. The van der Waals surface area contributed by atoms with E-state index in [1.54, 1.807) is 29.1 Å². The van der Waals surface area contributed by atoms with E-state index in [9.17, 15) is 14.0 Å². The molecule has 13 heteroatoms. The van der Waals surface area contributed by atoms with Crippen molar-refractivity contribution < 1.29 is 14.0 Å². The summed E-state index contributed by atoms with van der Waals surface area (Å²) in [7, 11) is 1.71. The normalized spacial score (nSPS) is 19.8. The van der Waals surface area contributed by atoms with Crippen molar-refractivity contribution in [3.05, 3.63) is 77.5 Å². The molecule has 0 saturated carbocycles. The van der Waals surface area contributed by atoms with Crippen LogP contribution in [0.15, 0.2) is 48.9 Å². The third-order valence-corrected chi connectivity index (χ3v) is 8.08. The number of piperazine rings is 1. The molecule has 42 heavy (non-hydrogen) atoms. The predicted molar refractivity (Wildman–Crippen MR) is 152 cm³/mol. The summed E-state index contributed by atoms with van der Waals surface area (Å²) in [6.45, 7) is 5.69. The van der Waals surface area contributed by atoms with Crippen LogP contribution in [0.25, 0.3) is 11.4 Å². The molecule has 4 aromatic rings. The van der Waals surface area contributed by atoms with Gasteiger partial charge in [-0.1, -0.05) is 12.1 Å². The number of likely N-dealkylation sites (N-methyl/N-ethyl adjacent to an activating group) is 1. The fourth-order valence-electron chi connectivity index (χ4n) is 5.60. The summed E-state index contributed by atoms with van der Waals surface area (Å²) in [5.74, 6) is 1.65. The van der Waals surface area contributed by atoms with E-state index in [0.29, 0.717) is 42.5 Å². The molecular weight excluding hydrogens is 539 g/mol. The van der Waals surface area contributed by atoms with E-state index in [0.717, 1.165) is 28.7 Å². The van der Waals surface area contributed by atoms with E-state index in [4.69, 9.17) is 4.98 Å². The van der Waals surface area contributed by atoms with Crippen molar-refractivity contribution in [2.45, 2.75) is 51.6 Å². The summed E-state index contributed by atoms with van der Waals surface area (Å²) in [6, 6.07) is 6.88. The number of aryl methyl sites for hydroxylation is 2. The van der Waals surface area contributed by atoms with Crippen LogP contribution in [-0.4, -0.2) is 75.7 Å². The molecule has 1 unspecified atom stereocenters. The number of anilines is 2. The van der Waals surface area contributed by atoms with E-state index < -0.39 is 17.4 Å². The van der Waals surface area contributed by atoms with Gasteiger partial charge in [-0.15, -0.1) is 0 Å². The minimum Gasteiger partial charge on any atom is -0.329 e. The summed E-state index contributed by atoms with van der Waals surface area (Å²) in [5.41, 5.74) is 2.43. The lowest BCUT2D eigenvalue weighted by Crippen LogP contribution is -2.67. The molecule has 216 valence electrons. The average Bonchev–Trinajstić information content (AvgIpc) is 3.61. The van der Waals surface area contributed by atoms with Gasteiger partial charge in [0.1, 0.15) is 17.9 Å². The molecule has 12 nitrogen and oxygen atoms in total. The number of nitrogens with one attached hydrogen (secondary N) is 2. The molecule has 1 aliphatic carbocycles. The van der Waals surface area contributed by atoms with Gasteiger partial charge in [0.15, 0.2) is 23.3 Å². The topological polar surface area (TPSA) is 138 Å². The highest BCUT2D eigenvalue weighted by Gasteiger charge is 2.52. The van der Waals surface area contributed by atoms with E-state index in [2.05, 4.69) is 30.6 Å². The molecule has 1 aliphatic heterocycles. The number of hydrogen-bond donors (Lipinski definition) is 2. The molecule has 4 aromatic heterocycles. The predicted octanol–water partition coefficient (Wildman–Crippen LogP) is 3.65. The first-order valence-corrected chi connectivity index (χ1v) is 13.7. The van der Waals surface area contributed by atoms with Gasteiger partial charge in [0.25, 0.3) is 0 Å². The number of halogens is 1. The van der Waals surface area contributed by atoms with Crippen molar-refractivity contribution in [1.29, 1.82) is 0 Å².